The molecule has 0 aromatic heterocycles. The van der Waals surface area contributed by atoms with Crippen LogP contribution in [0.1, 0.15) is 38.3 Å². The maximum absolute atomic E-state index is 6.26. The van der Waals surface area contributed by atoms with Crippen LogP contribution in [-0.2, 0) is 6.42 Å². The Morgan fingerprint density at radius 1 is 1.41 bits per heavy atom. The van der Waals surface area contributed by atoms with Gasteiger partial charge in [-0.05, 0) is 42.4 Å². The van der Waals surface area contributed by atoms with Crippen molar-refractivity contribution in [3.05, 3.63) is 34.3 Å². The predicted octanol–water partition coefficient (Wildman–Crippen LogP) is 3.46. The molecule has 1 unspecified atom stereocenters. The predicted molar refractivity (Wildman–Crippen MR) is 75.1 cm³/mol. The Morgan fingerprint density at radius 2 is 2.06 bits per heavy atom. The summed E-state index contributed by atoms with van der Waals surface area (Å²) in [5.74, 6) is 5.67. The zero-order chi connectivity index (χ0) is 13.1. The SMILES string of the molecule is CCC(C)(C)C(Cc1ccc(C)cc1Cl)NN. The number of hydrogen-bond donors (Lipinski definition) is 2. The first-order chi connectivity index (χ1) is 7.90. The molecule has 2 nitrogen and oxygen atoms in total. The highest BCUT2D eigenvalue weighted by molar-refractivity contribution is 6.31. The van der Waals surface area contributed by atoms with E-state index in [0.717, 1.165) is 23.4 Å². The molecule has 0 aliphatic carbocycles. The summed E-state index contributed by atoms with van der Waals surface area (Å²) in [5.41, 5.74) is 5.42. The summed E-state index contributed by atoms with van der Waals surface area (Å²) in [4.78, 5) is 0. The minimum absolute atomic E-state index is 0.156. The number of halogens is 1. The Balaban J connectivity index is 2.88. The van der Waals surface area contributed by atoms with Crippen molar-refractivity contribution in [3.8, 4) is 0 Å². The molecular weight excluding hydrogens is 232 g/mol. The van der Waals surface area contributed by atoms with Crippen LogP contribution in [0.4, 0.5) is 0 Å². The Bertz CT molecular complexity index is 374. The first-order valence-corrected chi connectivity index (χ1v) is 6.49. The Kier molecular flexibility index (Phi) is 4.99. The smallest absolute Gasteiger partial charge is 0.0441 e. The molecule has 0 radical (unpaired) electrons. The highest BCUT2D eigenvalue weighted by Crippen LogP contribution is 2.29. The molecule has 0 heterocycles. The lowest BCUT2D eigenvalue weighted by molar-refractivity contribution is 0.231. The van der Waals surface area contributed by atoms with Crippen molar-refractivity contribution in [1.29, 1.82) is 0 Å². The molecule has 1 aromatic rings. The van der Waals surface area contributed by atoms with Gasteiger partial charge in [-0.2, -0.15) is 0 Å². The van der Waals surface area contributed by atoms with E-state index in [2.05, 4.69) is 38.3 Å². The number of rotatable bonds is 5. The van der Waals surface area contributed by atoms with Crippen LogP contribution in [0.25, 0.3) is 0 Å². The van der Waals surface area contributed by atoms with Crippen molar-refractivity contribution >= 4 is 11.6 Å². The highest BCUT2D eigenvalue weighted by Gasteiger charge is 2.27. The van der Waals surface area contributed by atoms with Crippen LogP contribution in [0, 0.1) is 12.3 Å². The van der Waals surface area contributed by atoms with E-state index in [1.165, 1.54) is 5.56 Å². The third-order valence-corrected chi connectivity index (χ3v) is 4.04. The van der Waals surface area contributed by atoms with Crippen molar-refractivity contribution in [2.75, 3.05) is 0 Å². The molecule has 0 amide bonds. The highest BCUT2D eigenvalue weighted by atomic mass is 35.5. The van der Waals surface area contributed by atoms with E-state index in [0.29, 0.717) is 0 Å². The van der Waals surface area contributed by atoms with Gasteiger partial charge in [-0.25, -0.2) is 0 Å². The van der Waals surface area contributed by atoms with Gasteiger partial charge >= 0.3 is 0 Å². The molecule has 1 atom stereocenters. The first kappa shape index (κ1) is 14.5. The molecule has 1 aromatic carbocycles. The van der Waals surface area contributed by atoms with Crippen molar-refractivity contribution in [3.63, 3.8) is 0 Å². The van der Waals surface area contributed by atoms with Gasteiger partial charge in [-0.15, -0.1) is 0 Å². The zero-order valence-electron chi connectivity index (χ0n) is 11.2. The topological polar surface area (TPSA) is 38.0 Å². The normalized spacial score (nSPS) is 13.8. The fourth-order valence-electron chi connectivity index (χ4n) is 1.85. The Morgan fingerprint density at radius 3 is 2.53 bits per heavy atom. The number of benzene rings is 1. The van der Waals surface area contributed by atoms with Gasteiger partial charge in [0, 0.05) is 11.1 Å². The number of nitrogens with one attached hydrogen (secondary N) is 1. The van der Waals surface area contributed by atoms with Crippen molar-refractivity contribution in [2.45, 2.75) is 46.6 Å². The summed E-state index contributed by atoms with van der Waals surface area (Å²) in [6.45, 7) is 8.67. The molecule has 17 heavy (non-hydrogen) atoms. The minimum Gasteiger partial charge on any atom is -0.271 e. The van der Waals surface area contributed by atoms with E-state index in [4.69, 9.17) is 17.4 Å². The molecule has 0 aliphatic rings. The molecular formula is C14H23ClN2. The van der Waals surface area contributed by atoms with E-state index in [-0.39, 0.29) is 11.5 Å². The largest absolute Gasteiger partial charge is 0.271 e. The fraction of sp³-hybridized carbons (Fsp3) is 0.571. The lowest BCUT2D eigenvalue weighted by atomic mass is 9.79. The second-order valence-electron chi connectivity index (χ2n) is 5.36. The van der Waals surface area contributed by atoms with E-state index in [1.807, 2.05) is 13.0 Å². The molecule has 0 aliphatic heterocycles. The summed E-state index contributed by atoms with van der Waals surface area (Å²) < 4.78 is 0. The third-order valence-electron chi connectivity index (χ3n) is 3.69. The maximum atomic E-state index is 6.26. The summed E-state index contributed by atoms with van der Waals surface area (Å²) in [7, 11) is 0. The molecule has 0 fully saturated rings. The fourth-order valence-corrected chi connectivity index (χ4v) is 2.16. The van der Waals surface area contributed by atoms with Gasteiger partial charge in [0.15, 0.2) is 0 Å². The average Bonchev–Trinajstić information content (AvgIpc) is 2.27. The van der Waals surface area contributed by atoms with Crippen LogP contribution >= 0.6 is 11.6 Å². The minimum atomic E-state index is 0.156. The van der Waals surface area contributed by atoms with Gasteiger partial charge in [0.25, 0.3) is 0 Å². The molecule has 0 spiro atoms. The molecule has 96 valence electrons. The van der Waals surface area contributed by atoms with Gasteiger partial charge < -0.3 is 0 Å². The lowest BCUT2D eigenvalue weighted by Gasteiger charge is -2.33. The molecule has 0 saturated heterocycles. The molecule has 3 heteroatoms. The van der Waals surface area contributed by atoms with Crippen LogP contribution in [0.15, 0.2) is 18.2 Å². The van der Waals surface area contributed by atoms with Crippen LogP contribution in [-0.4, -0.2) is 6.04 Å². The number of hydrogen-bond acceptors (Lipinski definition) is 2. The summed E-state index contributed by atoms with van der Waals surface area (Å²) >= 11 is 6.26. The monoisotopic (exact) mass is 254 g/mol. The molecule has 3 N–H and O–H groups in total. The van der Waals surface area contributed by atoms with Crippen molar-refractivity contribution in [2.24, 2.45) is 11.3 Å². The van der Waals surface area contributed by atoms with Crippen molar-refractivity contribution in [1.82, 2.24) is 5.43 Å². The Hall–Kier alpha value is -0.570. The lowest BCUT2D eigenvalue weighted by Crippen LogP contribution is -2.46. The van der Waals surface area contributed by atoms with E-state index >= 15 is 0 Å². The van der Waals surface area contributed by atoms with Gasteiger partial charge in [0.2, 0.25) is 0 Å². The van der Waals surface area contributed by atoms with E-state index < -0.39 is 0 Å². The average molecular weight is 255 g/mol. The van der Waals surface area contributed by atoms with E-state index in [9.17, 15) is 0 Å². The summed E-state index contributed by atoms with van der Waals surface area (Å²) in [6, 6.07) is 6.41. The van der Waals surface area contributed by atoms with Gasteiger partial charge in [-0.1, -0.05) is 44.5 Å². The summed E-state index contributed by atoms with van der Waals surface area (Å²) in [6.07, 6.45) is 1.93. The maximum Gasteiger partial charge on any atom is 0.0441 e. The van der Waals surface area contributed by atoms with Crippen LogP contribution in [0.3, 0.4) is 0 Å². The molecule has 1 rings (SSSR count). The van der Waals surface area contributed by atoms with Crippen LogP contribution in [0.5, 0.6) is 0 Å². The molecule has 0 bridgehead atoms. The zero-order valence-corrected chi connectivity index (χ0v) is 11.9. The second kappa shape index (κ2) is 5.85. The summed E-state index contributed by atoms with van der Waals surface area (Å²) in [5, 5.41) is 0.831. The van der Waals surface area contributed by atoms with Crippen molar-refractivity contribution < 1.29 is 0 Å². The second-order valence-corrected chi connectivity index (χ2v) is 5.77. The third kappa shape index (κ3) is 3.70. The van der Waals surface area contributed by atoms with Crippen LogP contribution < -0.4 is 11.3 Å². The molecule has 0 saturated carbocycles. The standard InChI is InChI=1S/C14H23ClN2/c1-5-14(3,4)13(17-16)9-11-7-6-10(2)8-12(11)15/h6-8,13,17H,5,9,16H2,1-4H3. The number of nitrogens with two attached hydrogens (primary N) is 1. The van der Waals surface area contributed by atoms with Gasteiger partial charge in [0.1, 0.15) is 0 Å². The Labute approximate surface area is 110 Å². The first-order valence-electron chi connectivity index (χ1n) is 6.12. The number of hydrazine groups is 1. The van der Waals surface area contributed by atoms with Crippen LogP contribution in [0.2, 0.25) is 5.02 Å². The van der Waals surface area contributed by atoms with Gasteiger partial charge in [-0.3, -0.25) is 11.3 Å². The number of aryl methyl sites for hydroxylation is 1. The quantitative estimate of drug-likeness (QED) is 0.624. The van der Waals surface area contributed by atoms with Gasteiger partial charge in [0.05, 0.1) is 0 Å². The van der Waals surface area contributed by atoms with E-state index in [1.54, 1.807) is 0 Å².